The van der Waals surface area contributed by atoms with Crippen LogP contribution in [0.5, 0.6) is 0 Å². The fourth-order valence-electron chi connectivity index (χ4n) is 2.95. The number of aryl methyl sites for hydroxylation is 2. The van der Waals surface area contributed by atoms with Crippen LogP contribution in [-0.4, -0.2) is 23.1 Å². The third-order valence-corrected chi connectivity index (χ3v) is 4.24. The van der Waals surface area contributed by atoms with Gasteiger partial charge in [-0.25, -0.2) is 9.97 Å². The number of aromatic nitrogens is 2. The Morgan fingerprint density at radius 1 is 1.24 bits per heavy atom. The Morgan fingerprint density at radius 2 is 2.05 bits per heavy atom. The summed E-state index contributed by atoms with van der Waals surface area (Å²) in [7, 11) is 0. The summed E-state index contributed by atoms with van der Waals surface area (Å²) in [5, 5.41) is 3.45. The van der Waals surface area contributed by atoms with Crippen LogP contribution in [0.2, 0.25) is 0 Å². The molecule has 110 valence electrons. The number of fused-ring (bicyclic) bond motifs is 1. The van der Waals surface area contributed by atoms with Gasteiger partial charge in [0.2, 0.25) is 0 Å². The minimum absolute atomic E-state index is 0.728. The van der Waals surface area contributed by atoms with E-state index in [4.69, 9.17) is 4.98 Å². The number of hydrogen-bond donors (Lipinski definition) is 1. The van der Waals surface area contributed by atoms with E-state index >= 15 is 0 Å². The molecule has 2 aromatic rings. The van der Waals surface area contributed by atoms with Gasteiger partial charge in [-0.05, 0) is 50.8 Å². The van der Waals surface area contributed by atoms with Crippen molar-refractivity contribution in [3.05, 3.63) is 47.3 Å². The second-order valence-corrected chi connectivity index (χ2v) is 5.95. The van der Waals surface area contributed by atoms with Crippen molar-refractivity contribution in [3.8, 4) is 11.4 Å². The summed E-state index contributed by atoms with van der Waals surface area (Å²) in [5.74, 6) is 1.59. The Hall–Kier alpha value is -1.74. The molecule has 1 aliphatic carbocycles. The van der Waals surface area contributed by atoms with Crippen molar-refractivity contribution < 1.29 is 0 Å². The maximum Gasteiger partial charge on any atom is 0.159 e. The third-order valence-electron chi connectivity index (χ3n) is 4.24. The topological polar surface area (TPSA) is 37.8 Å². The molecular formula is C18H23N3. The van der Waals surface area contributed by atoms with Gasteiger partial charge in [0.1, 0.15) is 0 Å². The number of rotatable bonds is 4. The molecule has 0 amide bonds. The molecule has 0 radical (unpaired) electrons. The zero-order valence-corrected chi connectivity index (χ0v) is 12.9. The number of hydrogen-bond acceptors (Lipinski definition) is 3. The Morgan fingerprint density at radius 3 is 2.81 bits per heavy atom. The van der Waals surface area contributed by atoms with Gasteiger partial charge in [0, 0.05) is 17.5 Å². The molecule has 0 spiro atoms. The molecule has 3 nitrogen and oxygen atoms in total. The standard InChI is InChI=1S/C18H23N3/c1-3-19-11-14-6-9-17-16(10-14)12-20-18(21-17)15-7-4-13(2)5-8-15/h4-5,7-8,12,14,19H,3,6,9-11H2,1-2H3. The van der Waals surface area contributed by atoms with Gasteiger partial charge in [0.15, 0.2) is 5.82 Å². The van der Waals surface area contributed by atoms with Crippen molar-refractivity contribution in [2.75, 3.05) is 13.1 Å². The first-order chi connectivity index (χ1) is 10.3. The highest BCUT2D eigenvalue weighted by Crippen LogP contribution is 2.25. The van der Waals surface area contributed by atoms with Crippen molar-refractivity contribution >= 4 is 0 Å². The number of nitrogens with one attached hydrogen (secondary N) is 1. The predicted molar refractivity (Wildman–Crippen MR) is 86.3 cm³/mol. The highest BCUT2D eigenvalue weighted by Gasteiger charge is 2.20. The maximum absolute atomic E-state index is 4.80. The molecule has 0 bridgehead atoms. The summed E-state index contributed by atoms with van der Waals surface area (Å²) in [6.45, 7) is 6.41. The summed E-state index contributed by atoms with van der Waals surface area (Å²) < 4.78 is 0. The summed E-state index contributed by atoms with van der Waals surface area (Å²) in [4.78, 5) is 9.37. The van der Waals surface area contributed by atoms with E-state index in [9.17, 15) is 0 Å². The van der Waals surface area contributed by atoms with Gasteiger partial charge in [0.25, 0.3) is 0 Å². The third kappa shape index (κ3) is 3.30. The summed E-state index contributed by atoms with van der Waals surface area (Å²) in [6, 6.07) is 8.44. The largest absolute Gasteiger partial charge is 0.317 e. The average Bonchev–Trinajstić information content (AvgIpc) is 2.53. The lowest BCUT2D eigenvalue weighted by atomic mass is 9.87. The molecule has 1 heterocycles. The van der Waals surface area contributed by atoms with E-state index in [-0.39, 0.29) is 0 Å². The molecule has 1 atom stereocenters. The van der Waals surface area contributed by atoms with Crippen molar-refractivity contribution in [2.45, 2.75) is 33.1 Å². The molecule has 0 fully saturated rings. The van der Waals surface area contributed by atoms with Crippen LogP contribution in [0.3, 0.4) is 0 Å². The van der Waals surface area contributed by atoms with Gasteiger partial charge >= 0.3 is 0 Å². The molecule has 1 aromatic carbocycles. The van der Waals surface area contributed by atoms with Gasteiger partial charge in [-0.3, -0.25) is 0 Å². The average molecular weight is 281 g/mol. The van der Waals surface area contributed by atoms with Crippen LogP contribution < -0.4 is 5.32 Å². The molecule has 1 aliphatic rings. The molecular weight excluding hydrogens is 258 g/mol. The summed E-state index contributed by atoms with van der Waals surface area (Å²) in [6.07, 6.45) is 5.45. The molecule has 0 aliphatic heterocycles. The van der Waals surface area contributed by atoms with Crippen LogP contribution in [0.1, 0.15) is 30.2 Å². The Balaban J connectivity index is 1.78. The van der Waals surface area contributed by atoms with E-state index in [1.165, 1.54) is 23.2 Å². The first kappa shape index (κ1) is 14.2. The van der Waals surface area contributed by atoms with Crippen molar-refractivity contribution in [3.63, 3.8) is 0 Å². The maximum atomic E-state index is 4.80. The SMILES string of the molecule is CCNCC1CCc2nc(-c3ccc(C)cc3)ncc2C1. The molecule has 1 N–H and O–H groups in total. The molecule has 3 heteroatoms. The minimum Gasteiger partial charge on any atom is -0.317 e. The van der Waals surface area contributed by atoms with E-state index < -0.39 is 0 Å². The van der Waals surface area contributed by atoms with E-state index in [0.29, 0.717) is 0 Å². The van der Waals surface area contributed by atoms with Crippen LogP contribution in [0, 0.1) is 12.8 Å². The van der Waals surface area contributed by atoms with Crippen LogP contribution in [0.15, 0.2) is 30.5 Å². The van der Waals surface area contributed by atoms with Crippen molar-refractivity contribution in [1.82, 2.24) is 15.3 Å². The van der Waals surface area contributed by atoms with Crippen LogP contribution in [-0.2, 0) is 12.8 Å². The molecule has 3 rings (SSSR count). The molecule has 1 aromatic heterocycles. The second kappa shape index (κ2) is 6.35. The lowest BCUT2D eigenvalue weighted by Gasteiger charge is -2.24. The fourth-order valence-corrected chi connectivity index (χ4v) is 2.95. The normalized spacial score (nSPS) is 17.5. The second-order valence-electron chi connectivity index (χ2n) is 5.95. The Bertz CT molecular complexity index is 604. The van der Waals surface area contributed by atoms with E-state index in [2.05, 4.69) is 48.4 Å². The highest BCUT2D eigenvalue weighted by molar-refractivity contribution is 5.55. The smallest absolute Gasteiger partial charge is 0.159 e. The van der Waals surface area contributed by atoms with Crippen molar-refractivity contribution in [1.29, 1.82) is 0 Å². The zero-order valence-electron chi connectivity index (χ0n) is 12.9. The summed E-state index contributed by atoms with van der Waals surface area (Å²) in [5.41, 5.74) is 4.95. The highest BCUT2D eigenvalue weighted by atomic mass is 14.9. The van der Waals surface area contributed by atoms with Gasteiger partial charge in [-0.15, -0.1) is 0 Å². The quantitative estimate of drug-likeness (QED) is 0.935. The Labute approximate surface area is 126 Å². The van der Waals surface area contributed by atoms with Gasteiger partial charge in [0.05, 0.1) is 0 Å². The van der Waals surface area contributed by atoms with E-state index in [1.807, 2.05) is 6.20 Å². The van der Waals surface area contributed by atoms with E-state index in [0.717, 1.165) is 43.2 Å². The monoisotopic (exact) mass is 281 g/mol. The van der Waals surface area contributed by atoms with Gasteiger partial charge < -0.3 is 5.32 Å². The molecule has 21 heavy (non-hydrogen) atoms. The van der Waals surface area contributed by atoms with Crippen LogP contribution in [0.25, 0.3) is 11.4 Å². The Kier molecular flexibility index (Phi) is 4.30. The predicted octanol–water partition coefficient (Wildman–Crippen LogP) is 3.17. The molecule has 0 saturated carbocycles. The van der Waals surface area contributed by atoms with Crippen molar-refractivity contribution in [2.24, 2.45) is 5.92 Å². The van der Waals surface area contributed by atoms with Crippen LogP contribution in [0.4, 0.5) is 0 Å². The van der Waals surface area contributed by atoms with Gasteiger partial charge in [-0.1, -0.05) is 36.8 Å². The number of nitrogens with zero attached hydrogens (tertiary/aromatic N) is 2. The summed E-state index contributed by atoms with van der Waals surface area (Å²) >= 11 is 0. The fraction of sp³-hybridized carbons (Fsp3) is 0.444. The minimum atomic E-state index is 0.728. The first-order valence-corrected chi connectivity index (χ1v) is 7.89. The van der Waals surface area contributed by atoms with Gasteiger partial charge in [-0.2, -0.15) is 0 Å². The van der Waals surface area contributed by atoms with Crippen LogP contribution >= 0.6 is 0 Å². The lowest BCUT2D eigenvalue weighted by Crippen LogP contribution is -2.27. The molecule has 0 saturated heterocycles. The zero-order chi connectivity index (χ0) is 14.7. The first-order valence-electron chi connectivity index (χ1n) is 7.89. The number of benzene rings is 1. The van der Waals surface area contributed by atoms with E-state index in [1.54, 1.807) is 0 Å². The lowest BCUT2D eigenvalue weighted by molar-refractivity contribution is 0.425. The molecule has 1 unspecified atom stereocenters.